The molecule has 0 aliphatic heterocycles. The molecule has 24 heavy (non-hydrogen) atoms. The Morgan fingerprint density at radius 3 is 2.50 bits per heavy atom. The molecule has 0 aliphatic rings. The second-order valence-electron chi connectivity index (χ2n) is 5.40. The van der Waals surface area contributed by atoms with Crippen molar-refractivity contribution in [3.8, 4) is 5.75 Å². The monoisotopic (exact) mass is 357 g/mol. The van der Waals surface area contributed by atoms with E-state index in [9.17, 15) is 9.59 Å². The van der Waals surface area contributed by atoms with E-state index in [1.165, 1.54) is 4.90 Å². The van der Waals surface area contributed by atoms with Gasteiger partial charge in [0.25, 0.3) is 0 Å². The molecule has 0 bridgehead atoms. The van der Waals surface area contributed by atoms with Crippen molar-refractivity contribution in [2.45, 2.75) is 39.2 Å². The van der Waals surface area contributed by atoms with Crippen LogP contribution in [-0.2, 0) is 9.59 Å². The highest BCUT2D eigenvalue weighted by molar-refractivity contribution is 5.96. The lowest BCUT2D eigenvalue weighted by atomic mass is 10.1. The van der Waals surface area contributed by atoms with Gasteiger partial charge in [-0.05, 0) is 25.0 Å². The maximum atomic E-state index is 12.3. The van der Waals surface area contributed by atoms with Gasteiger partial charge in [0.2, 0.25) is 11.8 Å². The maximum Gasteiger partial charge on any atom is 0.244 e. The lowest BCUT2D eigenvalue weighted by Crippen LogP contribution is -2.47. The molecule has 1 aromatic rings. The van der Waals surface area contributed by atoms with Gasteiger partial charge in [0.15, 0.2) is 0 Å². The summed E-state index contributed by atoms with van der Waals surface area (Å²) >= 11 is 0. The second kappa shape index (κ2) is 11.7. The van der Waals surface area contributed by atoms with Crippen molar-refractivity contribution in [1.82, 2.24) is 4.90 Å². The number of methoxy groups -OCH3 is 1. The first kappa shape index (κ1) is 22.2. The van der Waals surface area contributed by atoms with Crippen LogP contribution < -0.4 is 15.8 Å². The Kier molecular flexibility index (Phi) is 10.8. The molecule has 0 radical (unpaired) electrons. The summed E-state index contributed by atoms with van der Waals surface area (Å²) in [5.41, 5.74) is 6.47. The zero-order chi connectivity index (χ0) is 17.2. The molecule has 0 aliphatic carbocycles. The minimum Gasteiger partial charge on any atom is -0.495 e. The molecule has 136 valence electrons. The third-order valence-electron chi connectivity index (χ3n) is 3.44. The van der Waals surface area contributed by atoms with E-state index in [0.717, 1.165) is 12.8 Å². The van der Waals surface area contributed by atoms with E-state index in [-0.39, 0.29) is 30.8 Å². The van der Waals surface area contributed by atoms with Gasteiger partial charge in [-0.1, -0.05) is 32.4 Å². The average Bonchev–Trinajstić information content (AvgIpc) is 2.54. The fourth-order valence-electron chi connectivity index (χ4n) is 2.32. The molecule has 0 saturated carbocycles. The molecule has 0 aromatic heterocycles. The lowest BCUT2D eigenvalue weighted by molar-refractivity contribution is -0.136. The molecule has 1 atom stereocenters. The highest BCUT2D eigenvalue weighted by Crippen LogP contribution is 2.22. The van der Waals surface area contributed by atoms with E-state index in [2.05, 4.69) is 5.32 Å². The number of carbonyl (C=O) groups excluding carboxylic acids is 2. The molecule has 0 spiro atoms. The van der Waals surface area contributed by atoms with Gasteiger partial charge in [-0.3, -0.25) is 9.59 Å². The number of hydrogen-bond donors (Lipinski definition) is 2. The Labute approximate surface area is 150 Å². The molecule has 1 unspecified atom stereocenters. The Hall–Kier alpha value is -1.79. The van der Waals surface area contributed by atoms with Crippen molar-refractivity contribution in [1.29, 1.82) is 0 Å². The standard InChI is InChI=1S/C17H27N3O3.ClH/c1-4-8-13(18)17(22)20(11-5-2)12-16(21)19-14-9-6-7-10-15(14)23-3;/h6-7,9-10,13H,4-5,8,11-12,18H2,1-3H3,(H,19,21);1H. The van der Waals surface area contributed by atoms with Crippen LogP contribution in [-0.4, -0.2) is 43.0 Å². The maximum absolute atomic E-state index is 12.3. The summed E-state index contributed by atoms with van der Waals surface area (Å²) in [7, 11) is 1.54. The third-order valence-corrected chi connectivity index (χ3v) is 3.44. The van der Waals surface area contributed by atoms with Crippen LogP contribution in [0, 0.1) is 0 Å². The molecule has 6 nitrogen and oxygen atoms in total. The Morgan fingerprint density at radius 2 is 1.92 bits per heavy atom. The van der Waals surface area contributed by atoms with E-state index in [1.807, 2.05) is 26.0 Å². The number of benzene rings is 1. The Bertz CT molecular complexity index is 526. The number of nitrogens with zero attached hydrogens (tertiary/aromatic N) is 1. The van der Waals surface area contributed by atoms with Crippen molar-refractivity contribution >= 4 is 29.9 Å². The van der Waals surface area contributed by atoms with Gasteiger partial charge in [-0.2, -0.15) is 0 Å². The second-order valence-corrected chi connectivity index (χ2v) is 5.40. The van der Waals surface area contributed by atoms with E-state index >= 15 is 0 Å². The predicted molar refractivity (Wildman–Crippen MR) is 98.6 cm³/mol. The molecular formula is C17H28ClN3O3. The number of para-hydroxylation sites is 2. The fraction of sp³-hybridized carbons (Fsp3) is 0.529. The number of ether oxygens (including phenoxy) is 1. The molecule has 2 amide bonds. The van der Waals surface area contributed by atoms with Crippen molar-refractivity contribution in [2.75, 3.05) is 25.5 Å². The zero-order valence-electron chi connectivity index (χ0n) is 14.6. The topological polar surface area (TPSA) is 84.7 Å². The Morgan fingerprint density at radius 1 is 1.25 bits per heavy atom. The minimum absolute atomic E-state index is 0. The molecule has 1 aromatic carbocycles. The molecule has 7 heteroatoms. The first-order valence-corrected chi connectivity index (χ1v) is 8.00. The van der Waals surface area contributed by atoms with Crippen LogP contribution >= 0.6 is 12.4 Å². The van der Waals surface area contributed by atoms with Crippen LogP contribution in [0.25, 0.3) is 0 Å². The van der Waals surface area contributed by atoms with E-state index in [0.29, 0.717) is 24.4 Å². The zero-order valence-corrected chi connectivity index (χ0v) is 15.4. The van der Waals surface area contributed by atoms with Crippen LogP contribution in [0.4, 0.5) is 5.69 Å². The van der Waals surface area contributed by atoms with Crippen LogP contribution in [0.2, 0.25) is 0 Å². The van der Waals surface area contributed by atoms with Crippen molar-refractivity contribution in [2.24, 2.45) is 5.73 Å². The third kappa shape index (κ3) is 6.76. The van der Waals surface area contributed by atoms with Gasteiger partial charge in [0.1, 0.15) is 5.75 Å². The van der Waals surface area contributed by atoms with Gasteiger partial charge in [0, 0.05) is 6.54 Å². The van der Waals surface area contributed by atoms with Crippen LogP contribution in [0.3, 0.4) is 0 Å². The minimum atomic E-state index is -0.550. The van der Waals surface area contributed by atoms with E-state index in [4.69, 9.17) is 10.5 Å². The number of nitrogens with two attached hydrogens (primary N) is 1. The summed E-state index contributed by atoms with van der Waals surface area (Å²) in [4.78, 5) is 26.1. The predicted octanol–water partition coefficient (Wildman–Crippen LogP) is 2.42. The largest absolute Gasteiger partial charge is 0.495 e. The number of anilines is 1. The van der Waals surface area contributed by atoms with Crippen molar-refractivity contribution in [3.05, 3.63) is 24.3 Å². The van der Waals surface area contributed by atoms with Crippen molar-refractivity contribution < 1.29 is 14.3 Å². The van der Waals surface area contributed by atoms with Crippen LogP contribution in [0.5, 0.6) is 5.75 Å². The smallest absolute Gasteiger partial charge is 0.244 e. The van der Waals surface area contributed by atoms with Gasteiger partial charge >= 0.3 is 0 Å². The number of hydrogen-bond acceptors (Lipinski definition) is 4. The summed E-state index contributed by atoms with van der Waals surface area (Å²) in [6.07, 6.45) is 2.22. The van der Waals surface area contributed by atoms with Gasteiger partial charge < -0.3 is 20.7 Å². The number of carbonyl (C=O) groups is 2. The molecule has 0 fully saturated rings. The SMILES string of the molecule is CCCC(N)C(=O)N(CCC)CC(=O)Nc1ccccc1OC.Cl. The summed E-state index contributed by atoms with van der Waals surface area (Å²) in [6.45, 7) is 4.44. The number of nitrogens with one attached hydrogen (secondary N) is 1. The molecular weight excluding hydrogens is 330 g/mol. The number of halogens is 1. The van der Waals surface area contributed by atoms with E-state index < -0.39 is 6.04 Å². The lowest BCUT2D eigenvalue weighted by Gasteiger charge is -2.24. The van der Waals surface area contributed by atoms with Crippen LogP contribution in [0.15, 0.2) is 24.3 Å². The van der Waals surface area contributed by atoms with Crippen molar-refractivity contribution in [3.63, 3.8) is 0 Å². The first-order chi connectivity index (χ1) is 11.0. The van der Waals surface area contributed by atoms with Crippen LogP contribution in [0.1, 0.15) is 33.1 Å². The molecule has 0 saturated heterocycles. The normalized spacial score (nSPS) is 11.2. The summed E-state index contributed by atoms with van der Waals surface area (Å²) in [5.74, 6) is 0.140. The van der Waals surface area contributed by atoms with Gasteiger partial charge in [-0.15, -0.1) is 12.4 Å². The Balaban J connectivity index is 0.00000529. The average molecular weight is 358 g/mol. The summed E-state index contributed by atoms with van der Waals surface area (Å²) in [6, 6.07) is 6.61. The molecule has 1 rings (SSSR count). The van der Waals surface area contributed by atoms with Gasteiger partial charge in [-0.25, -0.2) is 0 Å². The highest BCUT2D eigenvalue weighted by atomic mass is 35.5. The highest BCUT2D eigenvalue weighted by Gasteiger charge is 2.22. The van der Waals surface area contributed by atoms with E-state index in [1.54, 1.807) is 19.2 Å². The number of rotatable bonds is 9. The number of amides is 2. The quantitative estimate of drug-likeness (QED) is 0.710. The van der Waals surface area contributed by atoms with Gasteiger partial charge in [0.05, 0.1) is 25.4 Å². The summed E-state index contributed by atoms with van der Waals surface area (Å²) < 4.78 is 5.20. The first-order valence-electron chi connectivity index (χ1n) is 8.00. The molecule has 3 N–H and O–H groups in total. The molecule has 0 heterocycles. The fourth-order valence-corrected chi connectivity index (χ4v) is 2.32. The summed E-state index contributed by atoms with van der Waals surface area (Å²) in [5, 5.41) is 2.78.